The van der Waals surface area contributed by atoms with Crippen LogP contribution in [0.2, 0.25) is 0 Å². The molecular weight excluding hydrogens is 580 g/mol. The second kappa shape index (κ2) is 13.1. The number of ether oxygens (including phenoxy) is 1. The fourth-order valence-corrected chi connectivity index (χ4v) is 10.1. The summed E-state index contributed by atoms with van der Waals surface area (Å²) >= 11 is 0. The second-order valence-electron chi connectivity index (χ2n) is 12.9. The molecule has 0 unspecified atom stereocenters. The van der Waals surface area contributed by atoms with Gasteiger partial charge in [-0.05, 0) is 88.0 Å². The number of carbonyl (C=O) groups is 1. The first-order chi connectivity index (χ1) is 21.9. The van der Waals surface area contributed by atoms with Gasteiger partial charge in [-0.3, -0.25) is 0 Å². The predicted molar refractivity (Wildman–Crippen MR) is 195 cm³/mol. The van der Waals surface area contributed by atoms with Gasteiger partial charge in [-0.2, -0.15) is 0 Å². The Kier molecular flexibility index (Phi) is 9.03. The Bertz CT molecular complexity index is 1900. The molecular formula is C41H38BNO2P. The van der Waals surface area contributed by atoms with Crippen molar-refractivity contribution < 1.29 is 9.53 Å². The van der Waals surface area contributed by atoms with Gasteiger partial charge in [0.1, 0.15) is 5.60 Å². The number of benzene rings is 6. The van der Waals surface area contributed by atoms with Crippen molar-refractivity contribution in [2.24, 2.45) is 0 Å². The minimum Gasteiger partial charge on any atom is -0.444 e. The van der Waals surface area contributed by atoms with Crippen LogP contribution in [0.3, 0.4) is 0 Å². The molecule has 1 amide bonds. The van der Waals surface area contributed by atoms with Gasteiger partial charge in [0.2, 0.25) is 0 Å². The van der Waals surface area contributed by atoms with E-state index >= 15 is 0 Å². The summed E-state index contributed by atoms with van der Waals surface area (Å²) in [5.74, 6) is 0. The van der Waals surface area contributed by atoms with E-state index in [2.05, 4.69) is 133 Å². The van der Waals surface area contributed by atoms with Crippen LogP contribution < -0.4 is 5.32 Å². The summed E-state index contributed by atoms with van der Waals surface area (Å²) < 4.78 is 5.85. The average Bonchev–Trinajstić information content (AvgIpc) is 3.22. The summed E-state index contributed by atoms with van der Waals surface area (Å²) in [5, 5.41) is 8.48. The van der Waals surface area contributed by atoms with Gasteiger partial charge in [0, 0.05) is 14.1 Å². The van der Waals surface area contributed by atoms with Gasteiger partial charge in [0.25, 0.3) is 0 Å². The van der Waals surface area contributed by atoms with Crippen LogP contribution in [0.1, 0.15) is 54.7 Å². The first-order valence-electron chi connectivity index (χ1n) is 15.7. The van der Waals surface area contributed by atoms with E-state index in [4.69, 9.17) is 4.74 Å². The van der Waals surface area contributed by atoms with E-state index in [9.17, 15) is 4.79 Å². The molecule has 3 nitrogen and oxygen atoms in total. The quantitative estimate of drug-likeness (QED) is 0.154. The van der Waals surface area contributed by atoms with Crippen molar-refractivity contribution in [2.75, 3.05) is 0 Å². The molecule has 3 radical (unpaired) electrons. The molecule has 0 saturated heterocycles. The molecule has 46 heavy (non-hydrogen) atoms. The first kappa shape index (κ1) is 31.6. The molecule has 2 atom stereocenters. The Labute approximate surface area is 275 Å². The average molecular weight is 619 g/mol. The number of amides is 1. The Morgan fingerprint density at radius 1 is 0.630 bits per heavy atom. The maximum atomic E-state index is 13.5. The normalized spacial score (nSPS) is 14.3. The molecule has 0 bridgehead atoms. The number of hydrogen-bond acceptors (Lipinski definition) is 2. The third-order valence-corrected chi connectivity index (χ3v) is 11.6. The Balaban J connectivity index is 0.00000372. The summed E-state index contributed by atoms with van der Waals surface area (Å²) in [7, 11) is -0.719. The van der Waals surface area contributed by atoms with Crippen LogP contribution in [0.25, 0.3) is 32.7 Å². The van der Waals surface area contributed by atoms with Gasteiger partial charge in [-0.25, -0.2) is 4.79 Å². The Morgan fingerprint density at radius 2 is 1.09 bits per heavy atom. The van der Waals surface area contributed by atoms with Gasteiger partial charge in [-0.1, -0.05) is 141 Å². The summed E-state index contributed by atoms with van der Waals surface area (Å²) in [6.07, 6.45) is 1.49. The van der Waals surface area contributed by atoms with Crippen LogP contribution in [0.15, 0.2) is 133 Å². The number of carbonyl (C=O) groups excluding carboxylic acids is 1. The minimum atomic E-state index is -0.719. The molecule has 6 aromatic rings. The van der Waals surface area contributed by atoms with E-state index < -0.39 is 13.5 Å². The van der Waals surface area contributed by atoms with Gasteiger partial charge in [-0.15, -0.1) is 0 Å². The highest BCUT2D eigenvalue weighted by molar-refractivity contribution is 7.56. The Morgan fingerprint density at radius 3 is 1.59 bits per heavy atom. The third kappa shape index (κ3) is 6.32. The number of alkyl carbamates (subject to hydrolysis) is 1. The maximum Gasteiger partial charge on any atom is 0.408 e. The van der Waals surface area contributed by atoms with Crippen LogP contribution in [-0.4, -0.2) is 20.1 Å². The smallest absolute Gasteiger partial charge is 0.408 e. The summed E-state index contributed by atoms with van der Waals surface area (Å²) in [6.45, 7) is 5.74. The van der Waals surface area contributed by atoms with E-state index in [1.165, 1.54) is 49.4 Å². The number of rotatable bonds is 5. The van der Waals surface area contributed by atoms with Crippen molar-refractivity contribution in [3.8, 4) is 11.1 Å². The molecule has 1 aliphatic rings. The van der Waals surface area contributed by atoms with Crippen LogP contribution >= 0.6 is 7.92 Å². The molecule has 5 heteroatoms. The fourth-order valence-electron chi connectivity index (χ4n) is 6.88. The molecule has 0 aromatic heterocycles. The Hall–Kier alpha value is -4.40. The molecule has 1 heterocycles. The molecule has 227 valence electrons. The zero-order chi connectivity index (χ0) is 31.0. The highest BCUT2D eigenvalue weighted by atomic mass is 31.1. The molecule has 1 N–H and O–H groups in total. The zero-order valence-corrected chi connectivity index (χ0v) is 27.5. The van der Waals surface area contributed by atoms with Gasteiger partial charge in [0.15, 0.2) is 0 Å². The third-order valence-electron chi connectivity index (χ3n) is 8.71. The SMILES string of the molecule is CC(C)(C)OC(=O)N[C@@H](c1ccccc1)[C@H](c1ccccc1)P1Cc2ccc3ccccc3c2-c2c(ccc3ccccc23)C1.[B]. The molecule has 7 rings (SSSR count). The predicted octanol–water partition coefficient (Wildman–Crippen LogP) is 10.8. The van der Waals surface area contributed by atoms with Gasteiger partial charge >= 0.3 is 6.09 Å². The lowest BCUT2D eigenvalue weighted by Crippen LogP contribution is -2.37. The number of nitrogens with one attached hydrogen (secondary N) is 1. The molecule has 0 spiro atoms. The van der Waals surface area contributed by atoms with Crippen LogP contribution in [0.5, 0.6) is 0 Å². The standard InChI is InChI=1S/C41H38NO2P.B/c1-41(2,3)44-40(43)42-38(30-16-6-4-7-17-30)39(31-18-8-5-9-19-31)45-26-32-24-22-28-14-10-12-20-34(28)36(32)37-33(27-45)25-23-29-15-11-13-21-35(29)37;/h4-25,38-39H,26-27H2,1-3H3,(H,42,43);/t38-,39-;/m0./s1. The lowest BCUT2D eigenvalue weighted by molar-refractivity contribution is 0.0502. The number of fused-ring (bicyclic) bond motifs is 7. The largest absolute Gasteiger partial charge is 0.444 e. The van der Waals surface area contributed by atoms with E-state index in [1.54, 1.807) is 0 Å². The van der Waals surface area contributed by atoms with Crippen molar-refractivity contribution in [1.82, 2.24) is 5.32 Å². The topological polar surface area (TPSA) is 38.3 Å². The molecule has 1 aliphatic heterocycles. The van der Waals surface area contributed by atoms with Crippen molar-refractivity contribution in [1.29, 1.82) is 0 Å². The van der Waals surface area contributed by atoms with E-state index in [-0.39, 0.29) is 26.2 Å². The minimum absolute atomic E-state index is 0. The molecule has 0 aliphatic carbocycles. The lowest BCUT2D eigenvalue weighted by Gasteiger charge is -2.36. The van der Waals surface area contributed by atoms with Crippen LogP contribution in [0.4, 0.5) is 4.79 Å². The van der Waals surface area contributed by atoms with Crippen molar-refractivity contribution >= 4 is 44.0 Å². The maximum absolute atomic E-state index is 13.5. The highest BCUT2D eigenvalue weighted by Crippen LogP contribution is 2.64. The van der Waals surface area contributed by atoms with E-state index in [0.29, 0.717) is 0 Å². The van der Waals surface area contributed by atoms with Crippen LogP contribution in [-0.2, 0) is 17.1 Å². The van der Waals surface area contributed by atoms with Gasteiger partial charge in [0.05, 0.1) is 6.04 Å². The van der Waals surface area contributed by atoms with Gasteiger partial charge < -0.3 is 10.1 Å². The summed E-state index contributed by atoms with van der Waals surface area (Å²) in [6, 6.07) is 47.7. The van der Waals surface area contributed by atoms with Crippen LogP contribution in [0, 0.1) is 0 Å². The molecule has 0 fully saturated rings. The van der Waals surface area contributed by atoms with Crippen molar-refractivity contribution in [3.05, 3.63) is 156 Å². The fraction of sp³-hybridized carbons (Fsp3) is 0.195. The van der Waals surface area contributed by atoms with Crippen molar-refractivity contribution in [3.63, 3.8) is 0 Å². The molecule has 6 aromatic carbocycles. The van der Waals surface area contributed by atoms with Crippen molar-refractivity contribution in [2.45, 2.75) is 50.4 Å². The highest BCUT2D eigenvalue weighted by Gasteiger charge is 2.36. The summed E-state index contributed by atoms with van der Waals surface area (Å²) in [5.41, 5.74) is 7.23. The lowest BCUT2D eigenvalue weighted by atomic mass is 9.88. The first-order valence-corrected chi connectivity index (χ1v) is 17.5. The van der Waals surface area contributed by atoms with E-state index in [0.717, 1.165) is 17.9 Å². The number of hydrogen-bond donors (Lipinski definition) is 1. The second-order valence-corrected chi connectivity index (χ2v) is 15.3. The van der Waals surface area contributed by atoms with E-state index in [1.807, 2.05) is 26.8 Å². The molecule has 0 saturated carbocycles. The summed E-state index contributed by atoms with van der Waals surface area (Å²) in [4.78, 5) is 13.5. The monoisotopic (exact) mass is 618 g/mol. The zero-order valence-electron chi connectivity index (χ0n) is 26.6.